The molecule has 0 amide bonds. The summed E-state index contributed by atoms with van der Waals surface area (Å²) in [6, 6.07) is 25.5. The first kappa shape index (κ1) is 24.2. The topological polar surface area (TPSA) is 87.5 Å². The largest absolute Gasteiger partial charge is 0.376 e. The van der Waals surface area contributed by atoms with E-state index in [9.17, 15) is 10.5 Å². The Bertz CT molecular complexity index is 1320. The number of benzene rings is 2. The maximum absolute atomic E-state index is 9.40. The number of aryl methyl sites for hydroxylation is 1. The van der Waals surface area contributed by atoms with Gasteiger partial charge in [-0.1, -0.05) is 55.1 Å². The molecule has 0 aliphatic rings. The summed E-state index contributed by atoms with van der Waals surface area (Å²) in [7, 11) is 0. The van der Waals surface area contributed by atoms with Crippen LogP contribution in [0.4, 0.5) is 0 Å². The summed E-state index contributed by atoms with van der Waals surface area (Å²) in [6.07, 6.45) is 3.21. The highest BCUT2D eigenvalue weighted by atomic mass is 32.2. The van der Waals surface area contributed by atoms with E-state index in [-0.39, 0.29) is 0 Å². The Morgan fingerprint density at radius 2 is 1.71 bits per heavy atom. The van der Waals surface area contributed by atoms with Gasteiger partial charge in [-0.15, -0.1) is 0 Å². The van der Waals surface area contributed by atoms with Crippen LogP contribution in [0.2, 0.25) is 0 Å². The van der Waals surface area contributed by atoms with Gasteiger partial charge in [-0.25, -0.2) is 4.98 Å². The van der Waals surface area contributed by atoms with Gasteiger partial charge in [0.25, 0.3) is 0 Å². The Labute approximate surface area is 209 Å². The molecule has 4 rings (SSSR count). The molecule has 0 unspecified atom stereocenters. The van der Waals surface area contributed by atoms with E-state index in [1.54, 1.807) is 12.3 Å². The van der Waals surface area contributed by atoms with Crippen LogP contribution in [0.15, 0.2) is 82.8 Å². The molecule has 0 aliphatic heterocycles. The third-order valence-electron chi connectivity index (χ3n) is 5.41. The number of pyridine rings is 1. The molecule has 0 aliphatic carbocycles. The quantitative estimate of drug-likeness (QED) is 0.277. The molecule has 2 heterocycles. The Hall–Kier alpha value is -3.91. The molecule has 0 radical (unpaired) electrons. The fourth-order valence-electron chi connectivity index (χ4n) is 3.72. The lowest BCUT2D eigenvalue weighted by Gasteiger charge is -2.13. The first-order valence-corrected chi connectivity index (χ1v) is 12.2. The van der Waals surface area contributed by atoms with Gasteiger partial charge in [0.2, 0.25) is 0 Å². The molecule has 35 heavy (non-hydrogen) atoms. The van der Waals surface area contributed by atoms with Crippen molar-refractivity contribution in [3.63, 3.8) is 0 Å². The zero-order chi connectivity index (χ0) is 24.5. The molecule has 7 heteroatoms. The second-order valence-corrected chi connectivity index (χ2v) is 8.96. The molecule has 0 fully saturated rings. The number of ether oxygens (including phenoxy) is 1. The monoisotopic (exact) mass is 479 g/mol. The standard InChI is InChI=1S/C28H25N5OS/c1-2-26-28(35-25-15-22(17-29)14-23(16-25)18-30)33(19-24-10-6-7-12-31-24)27(32-26)11-13-34-20-21-8-4-3-5-9-21/h3-10,12,14-16H,2,11,13,19-20H2,1H3. The van der Waals surface area contributed by atoms with Crippen molar-refractivity contribution in [3.8, 4) is 12.1 Å². The third kappa shape index (κ3) is 6.36. The van der Waals surface area contributed by atoms with E-state index in [1.807, 2.05) is 48.5 Å². The summed E-state index contributed by atoms with van der Waals surface area (Å²) in [5.41, 5.74) is 3.99. The van der Waals surface area contributed by atoms with Crippen LogP contribution in [0.5, 0.6) is 0 Å². The number of hydrogen-bond donors (Lipinski definition) is 0. The molecule has 0 atom stereocenters. The predicted molar refractivity (Wildman–Crippen MR) is 135 cm³/mol. The van der Waals surface area contributed by atoms with E-state index < -0.39 is 0 Å². The van der Waals surface area contributed by atoms with Gasteiger partial charge in [0.15, 0.2) is 0 Å². The number of imidazole rings is 1. The van der Waals surface area contributed by atoms with E-state index in [0.717, 1.165) is 39.1 Å². The van der Waals surface area contributed by atoms with Crippen LogP contribution in [0.1, 0.15) is 40.8 Å². The molecular formula is C28H25N5OS. The summed E-state index contributed by atoms with van der Waals surface area (Å²) >= 11 is 1.53. The van der Waals surface area contributed by atoms with Crippen molar-refractivity contribution in [2.75, 3.05) is 6.61 Å². The highest BCUT2D eigenvalue weighted by molar-refractivity contribution is 7.99. The third-order valence-corrected chi connectivity index (χ3v) is 6.53. The lowest BCUT2D eigenvalue weighted by atomic mass is 10.1. The minimum atomic E-state index is 0.468. The van der Waals surface area contributed by atoms with Crippen LogP contribution < -0.4 is 0 Å². The van der Waals surface area contributed by atoms with Crippen molar-refractivity contribution in [1.29, 1.82) is 10.5 Å². The normalized spacial score (nSPS) is 10.6. The van der Waals surface area contributed by atoms with E-state index in [2.05, 4.69) is 40.7 Å². The summed E-state index contributed by atoms with van der Waals surface area (Å²) in [6.45, 7) is 3.76. The Balaban J connectivity index is 1.62. The van der Waals surface area contributed by atoms with E-state index in [0.29, 0.717) is 37.3 Å². The van der Waals surface area contributed by atoms with Crippen molar-refractivity contribution in [3.05, 3.63) is 107 Å². The first-order chi connectivity index (χ1) is 17.2. The van der Waals surface area contributed by atoms with Gasteiger partial charge in [-0.05, 0) is 42.3 Å². The molecule has 174 valence electrons. The lowest BCUT2D eigenvalue weighted by Crippen LogP contribution is -2.10. The van der Waals surface area contributed by atoms with Gasteiger partial charge in [0, 0.05) is 17.5 Å². The lowest BCUT2D eigenvalue weighted by molar-refractivity contribution is 0.122. The van der Waals surface area contributed by atoms with Gasteiger partial charge in [-0.2, -0.15) is 10.5 Å². The molecule has 2 aromatic heterocycles. The molecular weight excluding hydrogens is 454 g/mol. The number of nitrogens with zero attached hydrogens (tertiary/aromatic N) is 5. The molecule has 4 aromatic rings. The Morgan fingerprint density at radius 1 is 0.971 bits per heavy atom. The Kier molecular flexibility index (Phi) is 8.30. The van der Waals surface area contributed by atoms with Crippen LogP contribution >= 0.6 is 11.8 Å². The summed E-state index contributed by atoms with van der Waals surface area (Å²) < 4.78 is 8.13. The van der Waals surface area contributed by atoms with Crippen LogP contribution in [0.3, 0.4) is 0 Å². The van der Waals surface area contributed by atoms with Crippen LogP contribution in [-0.2, 0) is 30.7 Å². The SMILES string of the molecule is CCc1nc(CCOCc2ccccc2)n(Cc2ccccn2)c1Sc1cc(C#N)cc(C#N)c1. The van der Waals surface area contributed by atoms with Gasteiger partial charge < -0.3 is 9.30 Å². The maximum Gasteiger partial charge on any atom is 0.112 e. The molecule has 0 spiro atoms. The number of nitriles is 2. The van der Waals surface area contributed by atoms with E-state index in [4.69, 9.17) is 9.72 Å². The van der Waals surface area contributed by atoms with Crippen molar-refractivity contribution in [2.24, 2.45) is 0 Å². The highest BCUT2D eigenvalue weighted by Gasteiger charge is 2.19. The van der Waals surface area contributed by atoms with Crippen LogP contribution in [0, 0.1) is 22.7 Å². The first-order valence-electron chi connectivity index (χ1n) is 11.4. The van der Waals surface area contributed by atoms with Crippen molar-refractivity contribution >= 4 is 11.8 Å². The fraction of sp³-hybridized carbons (Fsp3) is 0.214. The van der Waals surface area contributed by atoms with E-state index in [1.165, 1.54) is 11.8 Å². The molecule has 0 bridgehead atoms. The second kappa shape index (κ2) is 12.0. The summed E-state index contributed by atoms with van der Waals surface area (Å²) in [4.78, 5) is 10.3. The fourth-order valence-corrected chi connectivity index (χ4v) is 4.90. The smallest absolute Gasteiger partial charge is 0.112 e. The molecule has 2 aromatic carbocycles. The number of hydrogen-bond acceptors (Lipinski definition) is 6. The second-order valence-electron chi connectivity index (χ2n) is 7.90. The minimum Gasteiger partial charge on any atom is -0.376 e. The predicted octanol–water partition coefficient (Wildman–Crippen LogP) is 5.54. The average Bonchev–Trinajstić information content (AvgIpc) is 3.23. The van der Waals surface area contributed by atoms with Crippen molar-refractivity contribution < 1.29 is 4.74 Å². The van der Waals surface area contributed by atoms with Crippen LogP contribution in [-0.4, -0.2) is 21.1 Å². The highest BCUT2D eigenvalue weighted by Crippen LogP contribution is 2.33. The van der Waals surface area contributed by atoms with Gasteiger partial charge in [-0.3, -0.25) is 4.98 Å². The van der Waals surface area contributed by atoms with Crippen molar-refractivity contribution in [2.45, 2.75) is 42.8 Å². The zero-order valence-corrected chi connectivity index (χ0v) is 20.3. The maximum atomic E-state index is 9.40. The molecule has 6 nitrogen and oxygen atoms in total. The zero-order valence-electron chi connectivity index (χ0n) is 19.5. The van der Waals surface area contributed by atoms with Gasteiger partial charge >= 0.3 is 0 Å². The van der Waals surface area contributed by atoms with E-state index >= 15 is 0 Å². The Morgan fingerprint density at radius 3 is 2.37 bits per heavy atom. The van der Waals surface area contributed by atoms with Gasteiger partial charge in [0.05, 0.1) is 54.4 Å². The summed E-state index contributed by atoms with van der Waals surface area (Å²) in [5.74, 6) is 0.931. The average molecular weight is 480 g/mol. The minimum absolute atomic E-state index is 0.468. The molecule has 0 saturated carbocycles. The molecule has 0 saturated heterocycles. The van der Waals surface area contributed by atoms with Crippen molar-refractivity contribution in [1.82, 2.24) is 14.5 Å². The molecule has 0 N–H and O–H groups in total. The number of aromatic nitrogens is 3. The van der Waals surface area contributed by atoms with Gasteiger partial charge in [0.1, 0.15) is 10.9 Å². The summed E-state index contributed by atoms with van der Waals surface area (Å²) in [5, 5.41) is 19.8. The number of rotatable bonds is 10. The van der Waals surface area contributed by atoms with Crippen LogP contribution in [0.25, 0.3) is 0 Å².